The maximum Gasteiger partial charge on any atom is 0.127 e. The molecule has 1 saturated heterocycles. The lowest BCUT2D eigenvalue weighted by Gasteiger charge is -2.26. The first kappa shape index (κ1) is 20.4. The summed E-state index contributed by atoms with van der Waals surface area (Å²) in [5, 5.41) is 4.87. The van der Waals surface area contributed by atoms with Crippen LogP contribution in [0.5, 0.6) is 0 Å². The van der Waals surface area contributed by atoms with Crippen molar-refractivity contribution in [3.63, 3.8) is 0 Å². The maximum absolute atomic E-state index is 5.49. The molecule has 4 aromatic rings. The number of nitrogens with one attached hydrogen (secondary N) is 1. The van der Waals surface area contributed by atoms with Gasteiger partial charge in [0.1, 0.15) is 5.82 Å². The fourth-order valence-corrected chi connectivity index (χ4v) is 5.23. The third-order valence-electron chi connectivity index (χ3n) is 6.93. The van der Waals surface area contributed by atoms with Crippen molar-refractivity contribution in [1.82, 2.24) is 9.88 Å². The topological polar surface area (TPSA) is 37.4 Å². The van der Waals surface area contributed by atoms with Gasteiger partial charge in [0.15, 0.2) is 0 Å². The van der Waals surface area contributed by atoms with Crippen molar-refractivity contribution in [3.05, 3.63) is 95.6 Å². The summed E-state index contributed by atoms with van der Waals surface area (Å²) in [6, 6.07) is 28.8. The normalized spacial score (nSPS) is 18.4. The predicted octanol–water partition coefficient (Wildman–Crippen LogP) is 5.83. The molecule has 0 unspecified atom stereocenters. The van der Waals surface area contributed by atoms with Crippen molar-refractivity contribution in [2.24, 2.45) is 0 Å². The fraction of sp³-hybridized carbons (Fsp3) is 0.276. The maximum atomic E-state index is 5.49. The molecule has 1 fully saturated rings. The van der Waals surface area contributed by atoms with Crippen molar-refractivity contribution in [1.29, 1.82) is 0 Å². The number of ether oxygens (including phenoxy) is 1. The first-order valence-corrected chi connectivity index (χ1v) is 12.0. The van der Waals surface area contributed by atoms with Crippen LogP contribution in [0.25, 0.3) is 22.0 Å². The number of anilines is 1. The van der Waals surface area contributed by atoms with Gasteiger partial charge in [-0.3, -0.25) is 4.90 Å². The third kappa shape index (κ3) is 4.24. The highest BCUT2D eigenvalue weighted by Crippen LogP contribution is 2.34. The average Bonchev–Trinajstić information content (AvgIpc) is 3.27. The van der Waals surface area contributed by atoms with E-state index >= 15 is 0 Å². The Morgan fingerprint density at radius 1 is 0.909 bits per heavy atom. The second-order valence-electron chi connectivity index (χ2n) is 9.09. The SMILES string of the molecule is c1cc(CN2CCOCC2)cc(-c2cccc3nc(N[C@@H]4CCc5ccccc54)ccc23)c1. The van der Waals surface area contributed by atoms with E-state index in [0.29, 0.717) is 6.04 Å². The second kappa shape index (κ2) is 8.97. The van der Waals surface area contributed by atoms with Crippen LogP contribution < -0.4 is 5.32 Å². The molecule has 2 heterocycles. The van der Waals surface area contributed by atoms with E-state index in [2.05, 4.69) is 89.1 Å². The molecule has 1 atom stereocenters. The Morgan fingerprint density at radius 3 is 2.73 bits per heavy atom. The van der Waals surface area contributed by atoms with Gasteiger partial charge >= 0.3 is 0 Å². The molecule has 1 aliphatic heterocycles. The van der Waals surface area contributed by atoms with E-state index < -0.39 is 0 Å². The largest absolute Gasteiger partial charge is 0.379 e. The molecule has 33 heavy (non-hydrogen) atoms. The quantitative estimate of drug-likeness (QED) is 0.428. The van der Waals surface area contributed by atoms with E-state index in [1.165, 1.54) is 33.2 Å². The smallest absolute Gasteiger partial charge is 0.127 e. The number of nitrogens with zero attached hydrogens (tertiary/aromatic N) is 2. The van der Waals surface area contributed by atoms with E-state index in [0.717, 1.165) is 57.0 Å². The molecule has 166 valence electrons. The minimum atomic E-state index is 0.339. The summed E-state index contributed by atoms with van der Waals surface area (Å²) in [5.74, 6) is 0.947. The van der Waals surface area contributed by atoms with Crippen LogP contribution in [-0.4, -0.2) is 36.2 Å². The van der Waals surface area contributed by atoms with Crippen LogP contribution in [0.4, 0.5) is 5.82 Å². The molecular weight excluding hydrogens is 406 g/mol. The summed E-state index contributed by atoms with van der Waals surface area (Å²) >= 11 is 0. The first-order chi connectivity index (χ1) is 16.3. The lowest BCUT2D eigenvalue weighted by atomic mass is 9.98. The van der Waals surface area contributed by atoms with Crippen molar-refractivity contribution in [2.45, 2.75) is 25.4 Å². The molecule has 0 amide bonds. The molecule has 0 bridgehead atoms. The third-order valence-corrected chi connectivity index (χ3v) is 6.93. The Kier molecular flexibility index (Phi) is 5.54. The molecular formula is C29H29N3O. The number of aromatic nitrogens is 1. The van der Waals surface area contributed by atoms with Gasteiger partial charge in [-0.25, -0.2) is 4.98 Å². The Morgan fingerprint density at radius 2 is 1.79 bits per heavy atom. The van der Waals surface area contributed by atoms with Crippen molar-refractivity contribution in [2.75, 3.05) is 31.6 Å². The van der Waals surface area contributed by atoms with Gasteiger partial charge in [-0.05, 0) is 64.9 Å². The molecule has 4 nitrogen and oxygen atoms in total. The second-order valence-corrected chi connectivity index (χ2v) is 9.09. The number of fused-ring (bicyclic) bond motifs is 2. The predicted molar refractivity (Wildman–Crippen MR) is 134 cm³/mol. The highest BCUT2D eigenvalue weighted by atomic mass is 16.5. The summed E-state index contributed by atoms with van der Waals surface area (Å²) in [6.45, 7) is 4.64. The van der Waals surface area contributed by atoms with Gasteiger partial charge < -0.3 is 10.1 Å². The van der Waals surface area contributed by atoms with Crippen LogP contribution in [0.15, 0.2) is 78.9 Å². The zero-order valence-corrected chi connectivity index (χ0v) is 18.8. The molecule has 0 radical (unpaired) electrons. The highest BCUT2D eigenvalue weighted by molar-refractivity contribution is 5.95. The summed E-state index contributed by atoms with van der Waals surface area (Å²) in [5.41, 5.74) is 7.72. The van der Waals surface area contributed by atoms with Crippen LogP contribution in [0, 0.1) is 0 Å². The van der Waals surface area contributed by atoms with Gasteiger partial charge in [0, 0.05) is 25.0 Å². The Hall–Kier alpha value is -3.21. The van der Waals surface area contributed by atoms with Gasteiger partial charge in [0.25, 0.3) is 0 Å². The summed E-state index contributed by atoms with van der Waals surface area (Å²) < 4.78 is 5.49. The minimum absolute atomic E-state index is 0.339. The van der Waals surface area contributed by atoms with E-state index in [4.69, 9.17) is 9.72 Å². The van der Waals surface area contributed by atoms with Crippen molar-refractivity contribution < 1.29 is 4.74 Å². The van der Waals surface area contributed by atoms with Gasteiger partial charge in [0.2, 0.25) is 0 Å². The van der Waals surface area contributed by atoms with Crippen molar-refractivity contribution in [3.8, 4) is 11.1 Å². The van der Waals surface area contributed by atoms with Crippen LogP contribution in [0.1, 0.15) is 29.2 Å². The number of hydrogen-bond acceptors (Lipinski definition) is 4. The Balaban J connectivity index is 1.26. The molecule has 1 N–H and O–H groups in total. The van der Waals surface area contributed by atoms with E-state index in [9.17, 15) is 0 Å². The number of rotatable bonds is 5. The molecule has 6 rings (SSSR count). The number of benzene rings is 3. The van der Waals surface area contributed by atoms with E-state index in [-0.39, 0.29) is 0 Å². The summed E-state index contributed by atoms with van der Waals surface area (Å²) in [4.78, 5) is 7.45. The summed E-state index contributed by atoms with van der Waals surface area (Å²) in [7, 11) is 0. The Bertz CT molecular complexity index is 1280. The molecule has 0 spiro atoms. The zero-order valence-electron chi connectivity index (χ0n) is 18.8. The highest BCUT2D eigenvalue weighted by Gasteiger charge is 2.22. The van der Waals surface area contributed by atoms with Gasteiger partial charge in [0.05, 0.1) is 24.8 Å². The average molecular weight is 436 g/mol. The number of hydrogen-bond donors (Lipinski definition) is 1. The first-order valence-electron chi connectivity index (χ1n) is 12.0. The molecule has 1 aromatic heterocycles. The minimum Gasteiger partial charge on any atom is -0.379 e. The van der Waals surface area contributed by atoms with Crippen LogP contribution in [-0.2, 0) is 17.7 Å². The molecule has 4 heteroatoms. The van der Waals surface area contributed by atoms with Crippen LogP contribution >= 0.6 is 0 Å². The number of aryl methyl sites for hydroxylation is 1. The van der Waals surface area contributed by atoms with Crippen LogP contribution in [0.2, 0.25) is 0 Å². The molecule has 3 aromatic carbocycles. The van der Waals surface area contributed by atoms with E-state index in [1.54, 1.807) is 0 Å². The number of morpholine rings is 1. The fourth-order valence-electron chi connectivity index (χ4n) is 5.23. The van der Waals surface area contributed by atoms with Gasteiger partial charge in [-0.1, -0.05) is 54.6 Å². The number of pyridine rings is 1. The van der Waals surface area contributed by atoms with Crippen molar-refractivity contribution >= 4 is 16.7 Å². The standard InChI is InChI=1S/C29H29N3O/c1-2-8-25-22(6-1)11-13-28(25)31-29-14-12-26-24(9-4-10-27(26)30-29)23-7-3-5-21(19-23)20-32-15-17-33-18-16-32/h1-10,12,14,19,28H,11,13,15-18,20H2,(H,30,31)/t28-/m1/s1. The monoisotopic (exact) mass is 435 g/mol. The van der Waals surface area contributed by atoms with Gasteiger partial charge in [-0.15, -0.1) is 0 Å². The van der Waals surface area contributed by atoms with Crippen LogP contribution in [0.3, 0.4) is 0 Å². The molecule has 1 aliphatic carbocycles. The lowest BCUT2D eigenvalue weighted by molar-refractivity contribution is 0.0342. The lowest BCUT2D eigenvalue weighted by Crippen LogP contribution is -2.35. The Labute approximate surface area is 195 Å². The molecule has 2 aliphatic rings. The van der Waals surface area contributed by atoms with E-state index in [1.807, 2.05) is 0 Å². The molecule has 0 saturated carbocycles. The summed E-state index contributed by atoms with van der Waals surface area (Å²) in [6.07, 6.45) is 2.25. The van der Waals surface area contributed by atoms with Gasteiger partial charge in [-0.2, -0.15) is 0 Å². The zero-order chi connectivity index (χ0) is 22.0.